The lowest BCUT2D eigenvalue weighted by atomic mass is 9.88. The molecule has 0 saturated carbocycles. The van der Waals surface area contributed by atoms with Gasteiger partial charge in [0.1, 0.15) is 5.82 Å². The molecule has 0 N–H and O–H groups in total. The van der Waals surface area contributed by atoms with Gasteiger partial charge in [-0.1, -0.05) is 0 Å². The number of nitrogens with zero attached hydrogens (tertiary/aromatic N) is 3. The minimum atomic E-state index is -3.91. The molecule has 2 fully saturated rings. The van der Waals surface area contributed by atoms with E-state index in [-0.39, 0.29) is 12.2 Å². The van der Waals surface area contributed by atoms with Crippen LogP contribution in [0.2, 0.25) is 0 Å². The second kappa shape index (κ2) is 7.42. The van der Waals surface area contributed by atoms with Crippen LogP contribution in [0.3, 0.4) is 0 Å². The number of aryl methyl sites for hydroxylation is 1. The van der Waals surface area contributed by atoms with Crippen molar-refractivity contribution in [1.29, 1.82) is 0 Å². The number of amides is 1. The number of halogens is 3. The third-order valence-electron chi connectivity index (χ3n) is 5.72. The van der Waals surface area contributed by atoms with E-state index in [1.165, 1.54) is 12.1 Å². The van der Waals surface area contributed by atoms with Crippen molar-refractivity contribution in [1.82, 2.24) is 9.88 Å². The second-order valence-corrected chi connectivity index (χ2v) is 7.75. The van der Waals surface area contributed by atoms with Crippen LogP contribution in [0.15, 0.2) is 42.7 Å². The zero-order valence-corrected chi connectivity index (χ0v) is 16.1. The molecule has 1 aromatic carbocycles. The van der Waals surface area contributed by atoms with Crippen LogP contribution in [0.1, 0.15) is 24.0 Å². The highest BCUT2D eigenvalue weighted by Gasteiger charge is 2.57. The first-order chi connectivity index (χ1) is 13.8. The molecule has 2 saturated heterocycles. The first-order valence-electron chi connectivity index (χ1n) is 9.55. The van der Waals surface area contributed by atoms with Gasteiger partial charge >= 0.3 is 12.0 Å². The molecule has 1 amide bonds. The molecule has 1 aromatic heterocycles. The van der Waals surface area contributed by atoms with E-state index in [2.05, 4.69) is 9.88 Å². The molecule has 2 aromatic rings. The molecule has 0 radical (unpaired) electrons. The molecule has 8 heteroatoms. The lowest BCUT2D eigenvalue weighted by Crippen LogP contribution is -2.64. The number of aromatic nitrogens is 1. The maximum atomic E-state index is 14.4. The number of pyridine rings is 1. The summed E-state index contributed by atoms with van der Waals surface area (Å²) in [6.07, 6.45) is 0.383. The lowest BCUT2D eigenvalue weighted by molar-refractivity contribution is -0.293. The zero-order valence-electron chi connectivity index (χ0n) is 16.1. The molecule has 154 valence electrons. The van der Waals surface area contributed by atoms with E-state index in [0.717, 1.165) is 28.2 Å². The topological polar surface area (TPSA) is 45.7 Å². The van der Waals surface area contributed by atoms with Crippen LogP contribution in [0.5, 0.6) is 0 Å². The predicted octanol–water partition coefficient (Wildman–Crippen LogP) is 3.52. The fourth-order valence-corrected chi connectivity index (χ4v) is 3.99. The van der Waals surface area contributed by atoms with Crippen molar-refractivity contribution in [2.75, 3.05) is 24.5 Å². The van der Waals surface area contributed by atoms with Crippen molar-refractivity contribution >= 4 is 11.6 Å². The van der Waals surface area contributed by atoms with Crippen LogP contribution in [0.25, 0.3) is 0 Å². The Balaban J connectivity index is 1.50. The summed E-state index contributed by atoms with van der Waals surface area (Å²) in [5, 5.41) is 0. The van der Waals surface area contributed by atoms with Crippen LogP contribution in [-0.4, -0.2) is 47.1 Å². The van der Waals surface area contributed by atoms with E-state index in [9.17, 15) is 18.0 Å². The van der Waals surface area contributed by atoms with E-state index in [1.807, 2.05) is 13.0 Å². The molecule has 0 aliphatic carbocycles. The highest BCUT2D eigenvalue weighted by Crippen LogP contribution is 2.40. The standard InChI is InChI=1S/C21H22F3N3O2/c1-15-12-25-9-6-16(15)13-26-10-7-20(8-11-26)14-27(19(28)21(23,24)29-20)18-4-2-17(22)3-5-18/h2-6,9,12H,7-8,10-11,13-14H2,1H3. The summed E-state index contributed by atoms with van der Waals surface area (Å²) in [5.74, 6) is -1.90. The highest BCUT2D eigenvalue weighted by atomic mass is 19.3. The smallest absolute Gasteiger partial charge is 0.304 e. The molecular formula is C21H22F3N3O2. The highest BCUT2D eigenvalue weighted by molar-refractivity contribution is 5.98. The Morgan fingerprint density at radius 3 is 2.48 bits per heavy atom. The summed E-state index contributed by atoms with van der Waals surface area (Å²) in [7, 11) is 0. The van der Waals surface area contributed by atoms with Crippen molar-refractivity contribution in [3.05, 3.63) is 59.7 Å². The molecule has 4 rings (SSSR count). The summed E-state index contributed by atoms with van der Waals surface area (Å²) in [4.78, 5) is 19.5. The van der Waals surface area contributed by atoms with Gasteiger partial charge in [-0.3, -0.25) is 14.7 Å². The van der Waals surface area contributed by atoms with Gasteiger partial charge in [-0.05, 0) is 61.2 Å². The third kappa shape index (κ3) is 4.00. The van der Waals surface area contributed by atoms with E-state index in [1.54, 1.807) is 12.4 Å². The molecule has 0 unspecified atom stereocenters. The predicted molar refractivity (Wildman–Crippen MR) is 101 cm³/mol. The van der Waals surface area contributed by atoms with Gasteiger partial charge in [0, 0.05) is 37.7 Å². The molecule has 0 atom stereocenters. The number of likely N-dealkylation sites (tertiary alicyclic amines) is 1. The number of morpholine rings is 1. The maximum Gasteiger partial charge on any atom is 0.437 e. The molecule has 1 spiro atoms. The van der Waals surface area contributed by atoms with Gasteiger partial charge in [-0.2, -0.15) is 8.78 Å². The van der Waals surface area contributed by atoms with Gasteiger partial charge in [-0.25, -0.2) is 4.39 Å². The van der Waals surface area contributed by atoms with E-state index >= 15 is 0 Å². The Kier molecular flexibility index (Phi) is 5.08. The Labute approximate surface area is 167 Å². The molecule has 5 nitrogen and oxygen atoms in total. The van der Waals surface area contributed by atoms with Crippen molar-refractivity contribution in [3.8, 4) is 0 Å². The number of anilines is 1. The van der Waals surface area contributed by atoms with Crippen molar-refractivity contribution < 1.29 is 22.7 Å². The summed E-state index contributed by atoms with van der Waals surface area (Å²) in [6, 6.07) is 6.94. The van der Waals surface area contributed by atoms with Gasteiger partial charge in [0.2, 0.25) is 0 Å². The van der Waals surface area contributed by atoms with Gasteiger partial charge in [0.05, 0.1) is 12.1 Å². The summed E-state index contributed by atoms with van der Waals surface area (Å²) in [5.41, 5.74) is 1.35. The first-order valence-corrected chi connectivity index (χ1v) is 9.55. The fraction of sp³-hybridized carbons (Fsp3) is 0.429. The molecular weight excluding hydrogens is 383 g/mol. The normalized spacial score (nSPS) is 21.5. The Morgan fingerprint density at radius 1 is 1.14 bits per heavy atom. The second-order valence-electron chi connectivity index (χ2n) is 7.75. The number of carbonyl (C=O) groups excluding carboxylic acids is 1. The van der Waals surface area contributed by atoms with E-state index < -0.39 is 23.4 Å². The number of piperidine rings is 1. The molecule has 2 aliphatic heterocycles. The van der Waals surface area contributed by atoms with E-state index in [4.69, 9.17) is 4.74 Å². The lowest BCUT2D eigenvalue weighted by Gasteiger charge is -2.49. The van der Waals surface area contributed by atoms with Crippen LogP contribution >= 0.6 is 0 Å². The average molecular weight is 405 g/mol. The average Bonchev–Trinajstić information content (AvgIpc) is 2.69. The summed E-state index contributed by atoms with van der Waals surface area (Å²) in [6.45, 7) is 3.87. The summed E-state index contributed by atoms with van der Waals surface area (Å²) >= 11 is 0. The van der Waals surface area contributed by atoms with Crippen LogP contribution < -0.4 is 4.90 Å². The van der Waals surface area contributed by atoms with Crippen LogP contribution in [0, 0.1) is 12.7 Å². The molecule has 29 heavy (non-hydrogen) atoms. The minimum absolute atomic E-state index is 0.0230. The molecule has 3 heterocycles. The van der Waals surface area contributed by atoms with Gasteiger partial charge in [0.25, 0.3) is 0 Å². The van der Waals surface area contributed by atoms with Crippen molar-refractivity contribution in [3.63, 3.8) is 0 Å². The number of hydrogen-bond acceptors (Lipinski definition) is 4. The number of ether oxygens (including phenoxy) is 1. The minimum Gasteiger partial charge on any atom is -0.304 e. The monoisotopic (exact) mass is 405 g/mol. The zero-order chi connectivity index (χ0) is 20.6. The SMILES string of the molecule is Cc1cnccc1CN1CCC2(CC1)CN(c1ccc(F)cc1)C(=O)C(F)(F)O2. The maximum absolute atomic E-state index is 14.4. The largest absolute Gasteiger partial charge is 0.437 e. The number of carbonyl (C=O) groups is 1. The Bertz CT molecular complexity index is 896. The van der Waals surface area contributed by atoms with Crippen molar-refractivity contribution in [2.24, 2.45) is 0 Å². The number of hydrogen-bond donors (Lipinski definition) is 0. The van der Waals surface area contributed by atoms with Crippen LogP contribution in [-0.2, 0) is 16.1 Å². The van der Waals surface area contributed by atoms with Gasteiger partial charge < -0.3 is 9.64 Å². The fourth-order valence-electron chi connectivity index (χ4n) is 3.99. The van der Waals surface area contributed by atoms with E-state index in [0.29, 0.717) is 32.5 Å². The van der Waals surface area contributed by atoms with Crippen molar-refractivity contribution in [2.45, 2.75) is 38.0 Å². The molecule has 2 aliphatic rings. The number of alkyl halides is 2. The first kappa shape index (κ1) is 19.8. The third-order valence-corrected chi connectivity index (χ3v) is 5.72. The van der Waals surface area contributed by atoms with Crippen LogP contribution in [0.4, 0.5) is 18.9 Å². The summed E-state index contributed by atoms with van der Waals surface area (Å²) < 4.78 is 47.2. The Hall–Kier alpha value is -2.45. The Morgan fingerprint density at radius 2 is 1.83 bits per heavy atom. The molecule has 0 bridgehead atoms. The quantitative estimate of drug-likeness (QED) is 0.784. The number of benzene rings is 1. The van der Waals surface area contributed by atoms with Gasteiger partial charge in [0.15, 0.2) is 0 Å². The van der Waals surface area contributed by atoms with Gasteiger partial charge in [-0.15, -0.1) is 0 Å². The number of rotatable bonds is 3.